The number of ether oxygens (including phenoxy) is 4. The Hall–Kier alpha value is -3.42. The molecule has 1 saturated carbocycles. The van der Waals surface area contributed by atoms with Gasteiger partial charge >= 0.3 is 11.9 Å². The topological polar surface area (TPSA) is 112 Å². The van der Waals surface area contributed by atoms with Crippen molar-refractivity contribution in [3.05, 3.63) is 47.5 Å². The van der Waals surface area contributed by atoms with Crippen molar-refractivity contribution in [2.45, 2.75) is 37.9 Å². The molecule has 0 bridgehead atoms. The summed E-state index contributed by atoms with van der Waals surface area (Å²) in [5, 5.41) is 19.3. The van der Waals surface area contributed by atoms with Crippen LogP contribution in [0.25, 0.3) is 0 Å². The zero-order valence-corrected chi connectivity index (χ0v) is 16.8. The Bertz CT molecular complexity index is 840. The number of methoxy groups -OCH3 is 2. The lowest BCUT2D eigenvalue weighted by Gasteiger charge is -2.28. The summed E-state index contributed by atoms with van der Waals surface area (Å²) < 4.78 is 21.1. The van der Waals surface area contributed by atoms with Crippen molar-refractivity contribution in [1.82, 2.24) is 0 Å². The highest BCUT2D eigenvalue weighted by atomic mass is 16.6. The summed E-state index contributed by atoms with van der Waals surface area (Å²) in [6, 6.07) is 8.56. The highest BCUT2D eigenvalue weighted by Gasteiger charge is 2.27. The number of carbonyl (C=O) groups is 2. The van der Waals surface area contributed by atoms with Gasteiger partial charge in [-0.3, -0.25) is 0 Å². The predicted octanol–water partition coefficient (Wildman–Crippen LogP) is 3.44. The van der Waals surface area contributed by atoms with Gasteiger partial charge in [0, 0.05) is 0 Å². The third-order valence-electron chi connectivity index (χ3n) is 5.00. The molecule has 160 valence electrons. The molecular formula is C22H24O8. The Balaban J connectivity index is 1.51. The number of esters is 2. The SMILES string of the molecule is COc1cc(C(=O)O[C@H]2CC[C@H](OC(=O)c3ccc(O)c(OC)c3)CC2)ccc1O. The molecule has 0 heterocycles. The van der Waals surface area contributed by atoms with Crippen molar-refractivity contribution < 1.29 is 38.7 Å². The Morgan fingerprint density at radius 1 is 0.733 bits per heavy atom. The van der Waals surface area contributed by atoms with Crippen LogP contribution >= 0.6 is 0 Å². The van der Waals surface area contributed by atoms with Crippen LogP contribution in [0.15, 0.2) is 36.4 Å². The Kier molecular flexibility index (Phi) is 6.66. The lowest BCUT2D eigenvalue weighted by Crippen LogP contribution is -2.29. The van der Waals surface area contributed by atoms with Crippen LogP contribution in [0.3, 0.4) is 0 Å². The van der Waals surface area contributed by atoms with E-state index in [0.717, 1.165) is 0 Å². The first-order valence-corrected chi connectivity index (χ1v) is 9.57. The second-order valence-corrected chi connectivity index (χ2v) is 6.98. The normalized spacial score (nSPS) is 18.3. The summed E-state index contributed by atoms with van der Waals surface area (Å²) in [5.41, 5.74) is 0.582. The maximum Gasteiger partial charge on any atom is 0.338 e. The number of rotatable bonds is 6. The number of carbonyl (C=O) groups excluding carboxylic acids is 2. The largest absolute Gasteiger partial charge is 0.504 e. The molecular weight excluding hydrogens is 392 g/mol. The van der Waals surface area contributed by atoms with E-state index in [2.05, 4.69) is 0 Å². The molecule has 2 aromatic carbocycles. The fraction of sp³-hybridized carbons (Fsp3) is 0.364. The van der Waals surface area contributed by atoms with Crippen LogP contribution < -0.4 is 9.47 Å². The molecule has 0 aliphatic heterocycles. The van der Waals surface area contributed by atoms with E-state index < -0.39 is 11.9 Å². The lowest BCUT2D eigenvalue weighted by molar-refractivity contribution is -0.0108. The van der Waals surface area contributed by atoms with Gasteiger partial charge in [-0.25, -0.2) is 9.59 Å². The van der Waals surface area contributed by atoms with E-state index in [1.165, 1.54) is 50.6 Å². The molecule has 1 fully saturated rings. The summed E-state index contributed by atoms with van der Waals surface area (Å²) in [4.78, 5) is 24.7. The van der Waals surface area contributed by atoms with Gasteiger partial charge in [0.2, 0.25) is 0 Å². The van der Waals surface area contributed by atoms with Crippen LogP contribution in [-0.2, 0) is 9.47 Å². The van der Waals surface area contributed by atoms with Gasteiger partial charge < -0.3 is 29.2 Å². The molecule has 0 amide bonds. The van der Waals surface area contributed by atoms with Gasteiger partial charge in [0.1, 0.15) is 12.2 Å². The minimum Gasteiger partial charge on any atom is -0.504 e. The van der Waals surface area contributed by atoms with Crippen molar-refractivity contribution in [3.63, 3.8) is 0 Å². The first-order valence-electron chi connectivity index (χ1n) is 9.57. The van der Waals surface area contributed by atoms with Gasteiger partial charge in [0.25, 0.3) is 0 Å². The number of aromatic hydroxyl groups is 2. The minimum atomic E-state index is -0.495. The van der Waals surface area contributed by atoms with E-state index in [0.29, 0.717) is 36.8 Å². The molecule has 0 atom stereocenters. The van der Waals surface area contributed by atoms with Crippen molar-refractivity contribution >= 4 is 11.9 Å². The predicted molar refractivity (Wildman–Crippen MR) is 106 cm³/mol. The maximum absolute atomic E-state index is 12.3. The summed E-state index contributed by atoms with van der Waals surface area (Å²) in [6.45, 7) is 0. The molecule has 0 unspecified atom stereocenters. The molecule has 0 spiro atoms. The van der Waals surface area contributed by atoms with Crippen LogP contribution in [0.4, 0.5) is 0 Å². The molecule has 3 rings (SSSR count). The van der Waals surface area contributed by atoms with Crippen LogP contribution in [-0.4, -0.2) is 48.6 Å². The van der Waals surface area contributed by atoms with Crippen molar-refractivity contribution in [2.24, 2.45) is 0 Å². The van der Waals surface area contributed by atoms with E-state index in [1.54, 1.807) is 0 Å². The number of benzene rings is 2. The smallest absolute Gasteiger partial charge is 0.338 e. The molecule has 8 nitrogen and oxygen atoms in total. The molecule has 0 saturated heterocycles. The van der Waals surface area contributed by atoms with E-state index in [-0.39, 0.29) is 35.2 Å². The molecule has 2 aromatic rings. The molecule has 30 heavy (non-hydrogen) atoms. The molecule has 0 aromatic heterocycles. The molecule has 8 heteroatoms. The van der Waals surface area contributed by atoms with Crippen LogP contribution in [0.5, 0.6) is 23.0 Å². The zero-order valence-electron chi connectivity index (χ0n) is 16.8. The molecule has 0 radical (unpaired) electrons. The lowest BCUT2D eigenvalue weighted by atomic mass is 9.95. The van der Waals surface area contributed by atoms with Gasteiger partial charge in [-0.2, -0.15) is 0 Å². The Morgan fingerprint density at radius 3 is 1.43 bits per heavy atom. The fourth-order valence-electron chi connectivity index (χ4n) is 3.32. The average Bonchev–Trinajstić information content (AvgIpc) is 2.75. The second kappa shape index (κ2) is 9.39. The van der Waals surface area contributed by atoms with E-state index in [4.69, 9.17) is 18.9 Å². The third kappa shape index (κ3) is 4.94. The van der Waals surface area contributed by atoms with Crippen LogP contribution in [0.2, 0.25) is 0 Å². The number of hydrogen-bond acceptors (Lipinski definition) is 8. The number of phenolic OH excluding ortho intramolecular Hbond substituents is 2. The first-order chi connectivity index (χ1) is 14.4. The Morgan fingerprint density at radius 2 is 1.10 bits per heavy atom. The van der Waals surface area contributed by atoms with Crippen molar-refractivity contribution in [3.8, 4) is 23.0 Å². The maximum atomic E-state index is 12.3. The van der Waals surface area contributed by atoms with Crippen LogP contribution in [0.1, 0.15) is 46.4 Å². The van der Waals surface area contributed by atoms with Gasteiger partial charge in [-0.1, -0.05) is 0 Å². The van der Waals surface area contributed by atoms with E-state index >= 15 is 0 Å². The molecule has 1 aliphatic rings. The average molecular weight is 416 g/mol. The van der Waals surface area contributed by atoms with Gasteiger partial charge in [-0.05, 0) is 62.1 Å². The van der Waals surface area contributed by atoms with Crippen molar-refractivity contribution in [2.75, 3.05) is 14.2 Å². The molecule has 2 N–H and O–H groups in total. The summed E-state index contributed by atoms with van der Waals surface area (Å²) in [5.74, 6) is -0.697. The number of phenols is 2. The first kappa shape index (κ1) is 21.3. The standard InChI is InChI=1S/C22H24O8/c1-27-19-11-13(3-9-17(19)23)21(25)29-15-5-7-16(8-6-15)30-22(26)14-4-10-18(24)20(12-14)28-2/h3-4,9-12,15-16,23-24H,5-8H2,1-2H3/t15-,16-. The second-order valence-electron chi connectivity index (χ2n) is 6.98. The third-order valence-corrected chi connectivity index (χ3v) is 5.00. The van der Waals surface area contributed by atoms with E-state index in [1.807, 2.05) is 0 Å². The highest BCUT2D eigenvalue weighted by molar-refractivity contribution is 5.91. The van der Waals surface area contributed by atoms with E-state index in [9.17, 15) is 19.8 Å². The summed E-state index contributed by atoms with van der Waals surface area (Å²) in [7, 11) is 2.81. The summed E-state index contributed by atoms with van der Waals surface area (Å²) >= 11 is 0. The quantitative estimate of drug-likeness (QED) is 0.689. The monoisotopic (exact) mass is 416 g/mol. The minimum absolute atomic E-state index is 0.0531. The van der Waals surface area contributed by atoms with Gasteiger partial charge in [0.15, 0.2) is 23.0 Å². The molecule has 1 aliphatic carbocycles. The Labute approximate surface area is 173 Å². The van der Waals surface area contributed by atoms with Gasteiger partial charge in [0.05, 0.1) is 25.3 Å². The van der Waals surface area contributed by atoms with Crippen molar-refractivity contribution in [1.29, 1.82) is 0 Å². The fourth-order valence-corrected chi connectivity index (χ4v) is 3.32. The van der Waals surface area contributed by atoms with Crippen LogP contribution in [0, 0.1) is 0 Å². The summed E-state index contributed by atoms with van der Waals surface area (Å²) in [6.07, 6.45) is 1.72. The number of hydrogen-bond donors (Lipinski definition) is 2. The van der Waals surface area contributed by atoms with Gasteiger partial charge in [-0.15, -0.1) is 0 Å². The highest BCUT2D eigenvalue weighted by Crippen LogP contribution is 2.30. The zero-order chi connectivity index (χ0) is 21.7.